The first-order valence-electron chi connectivity index (χ1n) is 9.55. The Morgan fingerprint density at radius 2 is 1.96 bits per heavy atom. The van der Waals surface area contributed by atoms with Gasteiger partial charge in [0.15, 0.2) is 0 Å². The number of nitrogens with one attached hydrogen (secondary N) is 1. The molecule has 138 valence electrons. The molecule has 0 aliphatic carbocycles. The van der Waals surface area contributed by atoms with Crippen LogP contribution in [0.5, 0.6) is 0 Å². The Balaban J connectivity index is 1.48. The summed E-state index contributed by atoms with van der Waals surface area (Å²) in [4.78, 5) is 19.2. The van der Waals surface area contributed by atoms with Crippen LogP contribution in [0.3, 0.4) is 0 Å². The van der Waals surface area contributed by atoms with Gasteiger partial charge in [-0.3, -0.25) is 4.79 Å². The predicted octanol–water partition coefficient (Wildman–Crippen LogP) is 1.83. The average molecular weight is 346 g/mol. The smallest absolute Gasteiger partial charge is 0.237 e. The number of carbonyl (C=O) groups is 1. The standard InChI is InChI=1S/C19H30N4O2/c20-18(16-7-11-25-12-8-16)19(24)22-14-15-5-6-17(21-13-15)23-9-3-1-2-4-10-23/h5-6,13,16,18H,1-4,7-12,14,20H2,(H,22,24). The zero-order valence-electron chi connectivity index (χ0n) is 15.0. The van der Waals surface area contributed by atoms with Gasteiger partial charge < -0.3 is 20.7 Å². The second-order valence-corrected chi connectivity index (χ2v) is 7.12. The van der Waals surface area contributed by atoms with Crippen LogP contribution in [-0.4, -0.2) is 43.2 Å². The maximum Gasteiger partial charge on any atom is 0.237 e. The molecule has 0 bridgehead atoms. The maximum absolute atomic E-state index is 12.3. The number of amides is 1. The lowest BCUT2D eigenvalue weighted by Crippen LogP contribution is -2.46. The molecule has 0 spiro atoms. The quantitative estimate of drug-likeness (QED) is 0.850. The van der Waals surface area contributed by atoms with E-state index in [0.717, 1.165) is 37.3 Å². The predicted molar refractivity (Wildman–Crippen MR) is 98.3 cm³/mol. The Morgan fingerprint density at radius 1 is 1.24 bits per heavy atom. The minimum Gasteiger partial charge on any atom is -0.381 e. The van der Waals surface area contributed by atoms with E-state index in [2.05, 4.69) is 21.3 Å². The van der Waals surface area contributed by atoms with Gasteiger partial charge in [0.1, 0.15) is 5.82 Å². The third-order valence-corrected chi connectivity index (χ3v) is 5.28. The molecule has 25 heavy (non-hydrogen) atoms. The first kappa shape index (κ1) is 18.1. The topological polar surface area (TPSA) is 80.5 Å². The molecule has 1 amide bonds. The van der Waals surface area contributed by atoms with Gasteiger partial charge in [-0.1, -0.05) is 18.9 Å². The van der Waals surface area contributed by atoms with Crippen LogP contribution >= 0.6 is 0 Å². The lowest BCUT2D eigenvalue weighted by Gasteiger charge is -2.26. The van der Waals surface area contributed by atoms with E-state index in [-0.39, 0.29) is 11.8 Å². The highest BCUT2D eigenvalue weighted by atomic mass is 16.5. The second kappa shape index (κ2) is 9.15. The highest BCUT2D eigenvalue weighted by Gasteiger charge is 2.26. The summed E-state index contributed by atoms with van der Waals surface area (Å²) in [6, 6.07) is 3.66. The fraction of sp³-hybridized carbons (Fsp3) is 0.684. The number of pyridine rings is 1. The van der Waals surface area contributed by atoms with E-state index in [1.165, 1.54) is 25.7 Å². The molecule has 2 aliphatic heterocycles. The number of carbonyl (C=O) groups excluding carboxylic acids is 1. The minimum absolute atomic E-state index is 0.0801. The third-order valence-electron chi connectivity index (χ3n) is 5.28. The van der Waals surface area contributed by atoms with E-state index in [1.807, 2.05) is 12.3 Å². The number of nitrogens with two attached hydrogens (primary N) is 1. The monoisotopic (exact) mass is 346 g/mol. The van der Waals surface area contributed by atoms with Crippen molar-refractivity contribution in [1.82, 2.24) is 10.3 Å². The van der Waals surface area contributed by atoms with Gasteiger partial charge >= 0.3 is 0 Å². The Morgan fingerprint density at radius 3 is 2.60 bits per heavy atom. The van der Waals surface area contributed by atoms with Crippen LogP contribution in [0.25, 0.3) is 0 Å². The summed E-state index contributed by atoms with van der Waals surface area (Å²) in [5.74, 6) is 1.18. The molecule has 1 aromatic heterocycles. The minimum atomic E-state index is -0.451. The van der Waals surface area contributed by atoms with Crippen LogP contribution in [0.2, 0.25) is 0 Å². The van der Waals surface area contributed by atoms with Gasteiger partial charge in [-0.25, -0.2) is 4.98 Å². The Labute approximate surface area is 150 Å². The first-order chi connectivity index (χ1) is 12.2. The molecule has 6 nitrogen and oxygen atoms in total. The molecule has 1 unspecified atom stereocenters. The summed E-state index contributed by atoms with van der Waals surface area (Å²) >= 11 is 0. The van der Waals surface area contributed by atoms with E-state index in [0.29, 0.717) is 19.8 Å². The summed E-state index contributed by atoms with van der Waals surface area (Å²) in [6.45, 7) is 4.05. The highest BCUT2D eigenvalue weighted by molar-refractivity contribution is 5.81. The van der Waals surface area contributed by atoms with Crippen molar-refractivity contribution in [3.63, 3.8) is 0 Å². The molecule has 2 saturated heterocycles. The number of rotatable bonds is 5. The molecular formula is C19H30N4O2. The number of aromatic nitrogens is 1. The van der Waals surface area contributed by atoms with Gasteiger partial charge in [-0.05, 0) is 43.2 Å². The number of nitrogens with zero attached hydrogens (tertiary/aromatic N) is 2. The van der Waals surface area contributed by atoms with Crippen molar-refractivity contribution in [3.05, 3.63) is 23.9 Å². The SMILES string of the molecule is NC(C(=O)NCc1ccc(N2CCCCCC2)nc1)C1CCOCC1. The molecule has 2 aliphatic rings. The molecule has 3 rings (SSSR count). The summed E-state index contributed by atoms with van der Waals surface area (Å²) in [5.41, 5.74) is 7.11. The molecule has 1 atom stereocenters. The van der Waals surface area contributed by atoms with Crippen LogP contribution in [0.4, 0.5) is 5.82 Å². The van der Waals surface area contributed by atoms with Gasteiger partial charge in [0, 0.05) is 39.0 Å². The molecule has 1 aromatic rings. The van der Waals surface area contributed by atoms with E-state index >= 15 is 0 Å². The Hall–Kier alpha value is -1.66. The van der Waals surface area contributed by atoms with Crippen molar-refractivity contribution in [3.8, 4) is 0 Å². The largest absolute Gasteiger partial charge is 0.381 e. The van der Waals surface area contributed by atoms with E-state index < -0.39 is 6.04 Å². The molecule has 6 heteroatoms. The lowest BCUT2D eigenvalue weighted by atomic mass is 9.92. The van der Waals surface area contributed by atoms with Gasteiger partial charge in [-0.15, -0.1) is 0 Å². The normalized spacial score (nSPS) is 20.8. The van der Waals surface area contributed by atoms with Crippen LogP contribution in [0.15, 0.2) is 18.3 Å². The van der Waals surface area contributed by atoms with Crippen molar-refractivity contribution in [1.29, 1.82) is 0 Å². The zero-order valence-corrected chi connectivity index (χ0v) is 15.0. The molecule has 2 fully saturated rings. The van der Waals surface area contributed by atoms with Crippen LogP contribution in [-0.2, 0) is 16.1 Å². The fourth-order valence-corrected chi connectivity index (χ4v) is 3.60. The maximum atomic E-state index is 12.3. The van der Waals surface area contributed by atoms with Gasteiger partial charge in [0.25, 0.3) is 0 Å². The average Bonchev–Trinajstić information content (AvgIpc) is 2.96. The van der Waals surface area contributed by atoms with Gasteiger partial charge in [0.2, 0.25) is 5.91 Å². The Bertz CT molecular complexity index is 535. The molecule has 0 saturated carbocycles. The molecule has 3 heterocycles. The summed E-state index contributed by atoms with van der Waals surface area (Å²) in [5, 5.41) is 2.95. The van der Waals surface area contributed by atoms with Crippen LogP contribution in [0, 0.1) is 5.92 Å². The summed E-state index contributed by atoms with van der Waals surface area (Å²) in [6.07, 6.45) is 8.69. The third kappa shape index (κ3) is 5.16. The molecule has 0 radical (unpaired) electrons. The number of anilines is 1. The van der Waals surface area contributed by atoms with Crippen molar-refractivity contribution in [2.75, 3.05) is 31.2 Å². The lowest BCUT2D eigenvalue weighted by molar-refractivity contribution is -0.124. The molecule has 0 aromatic carbocycles. The molecular weight excluding hydrogens is 316 g/mol. The van der Waals surface area contributed by atoms with Crippen molar-refractivity contribution in [2.45, 2.75) is 51.1 Å². The second-order valence-electron chi connectivity index (χ2n) is 7.12. The highest BCUT2D eigenvalue weighted by Crippen LogP contribution is 2.19. The van der Waals surface area contributed by atoms with Gasteiger partial charge in [0.05, 0.1) is 6.04 Å². The summed E-state index contributed by atoms with van der Waals surface area (Å²) in [7, 11) is 0. The van der Waals surface area contributed by atoms with Crippen LogP contribution < -0.4 is 16.0 Å². The van der Waals surface area contributed by atoms with Crippen molar-refractivity contribution < 1.29 is 9.53 Å². The summed E-state index contributed by atoms with van der Waals surface area (Å²) < 4.78 is 5.33. The van der Waals surface area contributed by atoms with Crippen LogP contribution in [0.1, 0.15) is 44.1 Å². The van der Waals surface area contributed by atoms with Crippen molar-refractivity contribution >= 4 is 11.7 Å². The Kier molecular flexibility index (Phi) is 6.64. The van der Waals surface area contributed by atoms with E-state index in [9.17, 15) is 4.79 Å². The molecule has 3 N–H and O–H groups in total. The number of ether oxygens (including phenoxy) is 1. The van der Waals surface area contributed by atoms with E-state index in [1.54, 1.807) is 0 Å². The number of hydrogen-bond donors (Lipinski definition) is 2. The fourth-order valence-electron chi connectivity index (χ4n) is 3.60. The first-order valence-corrected chi connectivity index (χ1v) is 9.55. The van der Waals surface area contributed by atoms with Crippen molar-refractivity contribution in [2.24, 2.45) is 11.7 Å². The number of hydrogen-bond acceptors (Lipinski definition) is 5. The zero-order chi connectivity index (χ0) is 17.5. The van der Waals surface area contributed by atoms with E-state index in [4.69, 9.17) is 10.5 Å². The van der Waals surface area contributed by atoms with Gasteiger partial charge in [-0.2, -0.15) is 0 Å².